The van der Waals surface area contributed by atoms with Crippen LogP contribution in [0.3, 0.4) is 0 Å². The average Bonchev–Trinajstić information content (AvgIpc) is 2.74. The third-order valence-corrected chi connectivity index (χ3v) is 4.74. The van der Waals surface area contributed by atoms with Crippen LogP contribution < -0.4 is 10.6 Å². The summed E-state index contributed by atoms with van der Waals surface area (Å²) < 4.78 is 0. The van der Waals surface area contributed by atoms with Crippen LogP contribution in [0.15, 0.2) is 85.2 Å². The standard InChI is InChI=1S/C23H16N4O/c28-23(26-19-11-3-7-15-6-1-2-9-17(15)19)27-20-14-16-8-4-12-24-21(16)18-10-5-13-25-22(18)20/h1-14H,(H2,26,27,28). The van der Waals surface area contributed by atoms with Gasteiger partial charge in [-0.3, -0.25) is 9.97 Å². The molecule has 0 spiro atoms. The van der Waals surface area contributed by atoms with Gasteiger partial charge < -0.3 is 10.6 Å². The van der Waals surface area contributed by atoms with Crippen LogP contribution in [-0.4, -0.2) is 16.0 Å². The Balaban J connectivity index is 1.53. The number of rotatable bonds is 2. The van der Waals surface area contributed by atoms with Crippen LogP contribution in [0.5, 0.6) is 0 Å². The van der Waals surface area contributed by atoms with Crippen molar-refractivity contribution in [3.05, 3.63) is 85.2 Å². The third-order valence-electron chi connectivity index (χ3n) is 4.74. The number of benzene rings is 3. The van der Waals surface area contributed by atoms with Crippen molar-refractivity contribution in [1.82, 2.24) is 9.97 Å². The summed E-state index contributed by atoms with van der Waals surface area (Å²) >= 11 is 0. The van der Waals surface area contributed by atoms with Crippen molar-refractivity contribution in [2.24, 2.45) is 0 Å². The first-order valence-corrected chi connectivity index (χ1v) is 8.98. The molecule has 5 rings (SSSR count). The van der Waals surface area contributed by atoms with Gasteiger partial charge in [-0.2, -0.15) is 0 Å². The van der Waals surface area contributed by atoms with Crippen molar-refractivity contribution < 1.29 is 4.79 Å². The number of fused-ring (bicyclic) bond motifs is 4. The van der Waals surface area contributed by atoms with Crippen LogP contribution in [-0.2, 0) is 0 Å². The van der Waals surface area contributed by atoms with Crippen LogP contribution >= 0.6 is 0 Å². The highest BCUT2D eigenvalue weighted by molar-refractivity contribution is 6.14. The van der Waals surface area contributed by atoms with Crippen LogP contribution in [0, 0.1) is 0 Å². The Hall–Kier alpha value is -3.99. The van der Waals surface area contributed by atoms with Crippen LogP contribution in [0.4, 0.5) is 16.2 Å². The number of nitrogens with one attached hydrogen (secondary N) is 2. The predicted octanol–water partition coefficient (Wildman–Crippen LogP) is 5.58. The van der Waals surface area contributed by atoms with Gasteiger partial charge in [0.15, 0.2) is 0 Å². The van der Waals surface area contributed by atoms with Crippen molar-refractivity contribution in [3.8, 4) is 0 Å². The first kappa shape index (κ1) is 16.2. The Morgan fingerprint density at radius 2 is 1.32 bits per heavy atom. The molecular formula is C23H16N4O. The summed E-state index contributed by atoms with van der Waals surface area (Å²) in [5, 5.41) is 9.82. The van der Waals surface area contributed by atoms with E-state index >= 15 is 0 Å². The van der Waals surface area contributed by atoms with Crippen LogP contribution in [0.25, 0.3) is 32.6 Å². The Morgan fingerprint density at radius 3 is 2.25 bits per heavy atom. The zero-order valence-corrected chi connectivity index (χ0v) is 14.9. The highest BCUT2D eigenvalue weighted by atomic mass is 16.2. The minimum absolute atomic E-state index is 0.313. The monoisotopic (exact) mass is 364 g/mol. The van der Waals surface area contributed by atoms with Crippen molar-refractivity contribution >= 4 is 50.0 Å². The molecule has 0 saturated carbocycles. The maximum absolute atomic E-state index is 12.7. The lowest BCUT2D eigenvalue weighted by Crippen LogP contribution is -2.20. The number of anilines is 2. The Kier molecular flexibility index (Phi) is 3.84. The van der Waals surface area contributed by atoms with Crippen LogP contribution in [0.1, 0.15) is 0 Å². The molecule has 0 radical (unpaired) electrons. The molecule has 0 aliphatic carbocycles. The molecule has 0 fully saturated rings. The molecule has 0 unspecified atom stereocenters. The van der Waals surface area contributed by atoms with Crippen molar-refractivity contribution in [2.45, 2.75) is 0 Å². The van der Waals surface area contributed by atoms with E-state index < -0.39 is 0 Å². The first-order chi connectivity index (χ1) is 13.8. The minimum Gasteiger partial charge on any atom is -0.307 e. The number of carbonyl (C=O) groups is 1. The van der Waals surface area contributed by atoms with Gasteiger partial charge >= 0.3 is 6.03 Å². The number of aromatic nitrogens is 2. The van der Waals surface area contributed by atoms with Gasteiger partial charge in [-0.15, -0.1) is 0 Å². The van der Waals surface area contributed by atoms with Crippen molar-refractivity contribution in [3.63, 3.8) is 0 Å². The molecule has 134 valence electrons. The topological polar surface area (TPSA) is 66.9 Å². The van der Waals surface area contributed by atoms with Gasteiger partial charge in [0.25, 0.3) is 0 Å². The Labute approximate surface area is 161 Å². The normalized spacial score (nSPS) is 11.0. The summed E-state index contributed by atoms with van der Waals surface area (Å²) in [6.45, 7) is 0. The second kappa shape index (κ2) is 6.63. The molecule has 2 heterocycles. The highest BCUT2D eigenvalue weighted by Crippen LogP contribution is 2.29. The fourth-order valence-electron chi connectivity index (χ4n) is 3.50. The van der Waals surface area contributed by atoms with Gasteiger partial charge in [0.1, 0.15) is 0 Å². The van der Waals surface area contributed by atoms with Gasteiger partial charge in [0, 0.05) is 28.6 Å². The predicted molar refractivity (Wildman–Crippen MR) is 114 cm³/mol. The zero-order valence-electron chi connectivity index (χ0n) is 14.9. The van der Waals surface area contributed by atoms with E-state index in [1.165, 1.54) is 0 Å². The van der Waals surface area contributed by atoms with Gasteiger partial charge in [-0.1, -0.05) is 42.5 Å². The number of hydrogen-bond donors (Lipinski definition) is 2. The molecule has 3 aromatic carbocycles. The second-order valence-corrected chi connectivity index (χ2v) is 6.50. The molecule has 0 aliphatic rings. The average molecular weight is 364 g/mol. The van der Waals surface area contributed by atoms with E-state index in [4.69, 9.17) is 0 Å². The molecule has 28 heavy (non-hydrogen) atoms. The minimum atomic E-state index is -0.313. The van der Waals surface area contributed by atoms with E-state index in [0.717, 1.165) is 32.7 Å². The number of urea groups is 1. The molecular weight excluding hydrogens is 348 g/mol. The number of carbonyl (C=O) groups excluding carboxylic acids is 1. The molecule has 0 atom stereocenters. The summed E-state index contributed by atoms with van der Waals surface area (Å²) in [4.78, 5) is 21.7. The molecule has 2 aromatic heterocycles. The molecule has 5 heteroatoms. The quantitative estimate of drug-likeness (QED) is 0.402. The van der Waals surface area contributed by atoms with E-state index in [1.54, 1.807) is 12.4 Å². The smallest absolute Gasteiger partial charge is 0.307 e. The molecule has 5 aromatic rings. The first-order valence-electron chi connectivity index (χ1n) is 8.98. The summed E-state index contributed by atoms with van der Waals surface area (Å²) in [6.07, 6.45) is 3.47. The molecule has 5 nitrogen and oxygen atoms in total. The highest BCUT2D eigenvalue weighted by Gasteiger charge is 2.12. The number of hydrogen-bond acceptors (Lipinski definition) is 3. The lowest BCUT2D eigenvalue weighted by atomic mass is 10.1. The lowest BCUT2D eigenvalue weighted by molar-refractivity contribution is 0.262. The Bertz CT molecular complexity index is 1340. The fourth-order valence-corrected chi connectivity index (χ4v) is 3.50. The van der Waals surface area contributed by atoms with E-state index in [2.05, 4.69) is 20.6 Å². The van der Waals surface area contributed by atoms with E-state index in [9.17, 15) is 4.79 Å². The Morgan fingerprint density at radius 1 is 0.643 bits per heavy atom. The second-order valence-electron chi connectivity index (χ2n) is 6.50. The van der Waals surface area contributed by atoms with E-state index in [-0.39, 0.29) is 6.03 Å². The maximum atomic E-state index is 12.7. The van der Waals surface area contributed by atoms with E-state index in [1.807, 2.05) is 72.8 Å². The third kappa shape index (κ3) is 2.79. The van der Waals surface area contributed by atoms with Crippen molar-refractivity contribution in [1.29, 1.82) is 0 Å². The zero-order chi connectivity index (χ0) is 18.9. The summed E-state index contributed by atoms with van der Waals surface area (Å²) in [7, 11) is 0. The SMILES string of the molecule is O=C(Nc1cccc2ccccc12)Nc1cc2cccnc2c2cccnc12. The summed E-state index contributed by atoms with van der Waals surface area (Å²) in [6, 6.07) is 23.1. The molecule has 2 amide bonds. The fraction of sp³-hybridized carbons (Fsp3) is 0. The van der Waals surface area contributed by atoms with E-state index in [0.29, 0.717) is 11.2 Å². The van der Waals surface area contributed by atoms with Crippen molar-refractivity contribution in [2.75, 3.05) is 10.6 Å². The van der Waals surface area contributed by atoms with Crippen LogP contribution in [0.2, 0.25) is 0 Å². The van der Waals surface area contributed by atoms with Gasteiger partial charge in [0.05, 0.1) is 22.4 Å². The van der Waals surface area contributed by atoms with Gasteiger partial charge in [-0.05, 0) is 35.7 Å². The number of pyridine rings is 2. The number of amides is 2. The number of nitrogens with zero attached hydrogens (tertiary/aromatic N) is 2. The summed E-state index contributed by atoms with van der Waals surface area (Å²) in [5.74, 6) is 0. The van der Waals surface area contributed by atoms with Gasteiger partial charge in [0.2, 0.25) is 0 Å². The molecule has 0 saturated heterocycles. The lowest BCUT2D eigenvalue weighted by Gasteiger charge is -2.12. The largest absolute Gasteiger partial charge is 0.323 e. The molecule has 0 bridgehead atoms. The molecule has 2 N–H and O–H groups in total. The summed E-state index contributed by atoms with van der Waals surface area (Å²) in [5.41, 5.74) is 2.98. The maximum Gasteiger partial charge on any atom is 0.323 e. The van der Waals surface area contributed by atoms with Gasteiger partial charge in [-0.25, -0.2) is 4.79 Å². The molecule has 0 aliphatic heterocycles.